The molecule has 1 heterocycles. The number of ether oxygens (including phenoxy) is 1. The molecule has 1 fully saturated rings. The predicted molar refractivity (Wildman–Crippen MR) is 78.6 cm³/mol. The minimum absolute atomic E-state index is 0.0990. The Morgan fingerprint density at radius 3 is 2.76 bits per heavy atom. The molecule has 114 valence electrons. The first-order chi connectivity index (χ1) is 9.82. The molecule has 21 heavy (non-hydrogen) atoms. The monoisotopic (exact) mass is 311 g/mol. The van der Waals surface area contributed by atoms with Crippen molar-refractivity contribution >= 4 is 23.5 Å². The highest BCUT2D eigenvalue weighted by atomic mass is 35.5. The van der Waals surface area contributed by atoms with Crippen LogP contribution in [-0.2, 0) is 9.59 Å². The third kappa shape index (κ3) is 3.47. The maximum atomic E-state index is 12.1. The van der Waals surface area contributed by atoms with E-state index in [0.29, 0.717) is 23.7 Å². The number of aliphatic carboxylic acids is 1. The molecule has 0 spiro atoms. The summed E-state index contributed by atoms with van der Waals surface area (Å²) in [6.07, 6.45) is 0.466. The molecule has 2 rings (SSSR count). The van der Waals surface area contributed by atoms with Crippen molar-refractivity contribution < 1.29 is 19.4 Å². The Morgan fingerprint density at radius 1 is 1.48 bits per heavy atom. The van der Waals surface area contributed by atoms with Crippen LogP contribution in [0.15, 0.2) is 18.2 Å². The molecule has 0 bridgehead atoms. The summed E-state index contributed by atoms with van der Waals surface area (Å²) in [7, 11) is 0. The van der Waals surface area contributed by atoms with E-state index in [4.69, 9.17) is 21.4 Å². The van der Waals surface area contributed by atoms with Crippen molar-refractivity contribution in [1.29, 1.82) is 0 Å². The number of carboxylic acids is 1. The topological polar surface area (TPSA) is 66.8 Å². The molecule has 1 saturated heterocycles. The van der Waals surface area contributed by atoms with Gasteiger partial charge >= 0.3 is 5.97 Å². The number of hydrogen-bond acceptors (Lipinski definition) is 3. The quantitative estimate of drug-likeness (QED) is 0.927. The van der Waals surface area contributed by atoms with Crippen molar-refractivity contribution in [2.75, 3.05) is 19.7 Å². The SMILES string of the molecule is Cc1cc(Cl)ccc1OCC(=O)N1CCC(C)(C(=O)O)C1. The van der Waals surface area contributed by atoms with Gasteiger partial charge in [0.15, 0.2) is 6.61 Å². The maximum Gasteiger partial charge on any atom is 0.311 e. The van der Waals surface area contributed by atoms with Crippen LogP contribution in [-0.4, -0.2) is 41.6 Å². The number of nitrogens with zero attached hydrogens (tertiary/aromatic N) is 1. The Kier molecular flexibility index (Phi) is 4.42. The molecule has 1 N–H and O–H groups in total. The summed E-state index contributed by atoms with van der Waals surface area (Å²) < 4.78 is 5.50. The number of hydrogen-bond donors (Lipinski definition) is 1. The van der Waals surface area contributed by atoms with E-state index in [1.165, 1.54) is 0 Å². The van der Waals surface area contributed by atoms with E-state index in [0.717, 1.165) is 5.56 Å². The summed E-state index contributed by atoms with van der Waals surface area (Å²) in [5.41, 5.74) is -0.00152. The molecule has 5 nitrogen and oxygen atoms in total. The van der Waals surface area contributed by atoms with Gasteiger partial charge in [-0.3, -0.25) is 9.59 Å². The minimum Gasteiger partial charge on any atom is -0.483 e. The van der Waals surface area contributed by atoms with Crippen LogP contribution in [0.25, 0.3) is 0 Å². The number of halogens is 1. The zero-order chi connectivity index (χ0) is 15.6. The maximum absolute atomic E-state index is 12.1. The zero-order valence-corrected chi connectivity index (χ0v) is 12.8. The molecule has 0 aromatic heterocycles. The van der Waals surface area contributed by atoms with Gasteiger partial charge in [-0.15, -0.1) is 0 Å². The standard InChI is InChI=1S/C15H18ClNO4/c1-10-7-11(16)3-4-12(10)21-8-13(18)17-6-5-15(2,9-17)14(19)20/h3-4,7H,5-6,8-9H2,1-2H3,(H,19,20). The van der Waals surface area contributed by atoms with Gasteiger partial charge < -0.3 is 14.7 Å². The molecule has 1 aromatic rings. The Bertz CT molecular complexity index is 575. The Morgan fingerprint density at radius 2 is 2.19 bits per heavy atom. The highest BCUT2D eigenvalue weighted by molar-refractivity contribution is 6.30. The highest BCUT2D eigenvalue weighted by Gasteiger charge is 2.42. The molecule has 0 saturated carbocycles. The second kappa shape index (κ2) is 5.93. The Balaban J connectivity index is 1.93. The smallest absolute Gasteiger partial charge is 0.311 e. The average molecular weight is 312 g/mol. The number of carbonyl (C=O) groups excluding carboxylic acids is 1. The van der Waals surface area contributed by atoms with Crippen LogP contribution in [0, 0.1) is 12.3 Å². The second-order valence-corrected chi connectivity index (χ2v) is 6.07. The third-order valence-electron chi connectivity index (χ3n) is 3.83. The summed E-state index contributed by atoms with van der Waals surface area (Å²) in [5.74, 6) is -0.463. The normalized spacial score (nSPS) is 21.4. The van der Waals surface area contributed by atoms with Gasteiger partial charge in [0.25, 0.3) is 5.91 Å². The highest BCUT2D eigenvalue weighted by Crippen LogP contribution is 2.30. The molecule has 1 amide bonds. The van der Waals surface area contributed by atoms with Gasteiger partial charge in [-0.25, -0.2) is 0 Å². The molecule has 1 aliphatic heterocycles. The lowest BCUT2D eigenvalue weighted by Crippen LogP contribution is -2.37. The number of benzene rings is 1. The molecule has 1 aliphatic rings. The molecule has 1 aromatic carbocycles. The van der Waals surface area contributed by atoms with Gasteiger partial charge in [0.1, 0.15) is 5.75 Å². The summed E-state index contributed by atoms with van der Waals surface area (Å²) in [6.45, 7) is 4.09. The first-order valence-electron chi connectivity index (χ1n) is 6.72. The number of carboxylic acid groups (broad SMARTS) is 1. The molecule has 1 atom stereocenters. The number of carbonyl (C=O) groups is 2. The summed E-state index contributed by atoms with van der Waals surface area (Å²) in [6, 6.07) is 5.18. The van der Waals surface area contributed by atoms with Crippen molar-refractivity contribution in [3.05, 3.63) is 28.8 Å². The molecule has 0 radical (unpaired) electrons. The lowest BCUT2D eigenvalue weighted by molar-refractivity contribution is -0.147. The fourth-order valence-corrected chi connectivity index (χ4v) is 2.58. The van der Waals surface area contributed by atoms with Gasteiger partial charge in [0.2, 0.25) is 0 Å². The van der Waals surface area contributed by atoms with Crippen molar-refractivity contribution in [2.45, 2.75) is 20.3 Å². The predicted octanol–water partition coefficient (Wildman–Crippen LogP) is 2.35. The van der Waals surface area contributed by atoms with Crippen molar-refractivity contribution in [2.24, 2.45) is 5.41 Å². The number of amides is 1. The minimum atomic E-state index is -0.868. The fraction of sp³-hybridized carbons (Fsp3) is 0.467. The van der Waals surface area contributed by atoms with E-state index in [1.54, 1.807) is 30.0 Å². The van der Waals surface area contributed by atoms with Crippen LogP contribution in [0.3, 0.4) is 0 Å². The van der Waals surface area contributed by atoms with Crippen LogP contribution in [0.4, 0.5) is 0 Å². The van der Waals surface area contributed by atoms with Crippen LogP contribution in [0.1, 0.15) is 18.9 Å². The summed E-state index contributed by atoms with van der Waals surface area (Å²) in [4.78, 5) is 24.8. The average Bonchev–Trinajstić information content (AvgIpc) is 2.82. The summed E-state index contributed by atoms with van der Waals surface area (Å²) in [5, 5.41) is 9.77. The second-order valence-electron chi connectivity index (χ2n) is 5.63. The fourth-order valence-electron chi connectivity index (χ4n) is 2.35. The van der Waals surface area contributed by atoms with E-state index < -0.39 is 11.4 Å². The zero-order valence-electron chi connectivity index (χ0n) is 12.1. The molecule has 6 heteroatoms. The van der Waals surface area contributed by atoms with Crippen LogP contribution < -0.4 is 4.74 Å². The molecule has 1 unspecified atom stereocenters. The van der Waals surface area contributed by atoms with E-state index in [1.807, 2.05) is 6.92 Å². The van der Waals surface area contributed by atoms with E-state index in [-0.39, 0.29) is 19.1 Å². The van der Waals surface area contributed by atoms with Gasteiger partial charge in [-0.05, 0) is 44.0 Å². The van der Waals surface area contributed by atoms with Crippen molar-refractivity contribution in [3.8, 4) is 5.75 Å². The lowest BCUT2D eigenvalue weighted by Gasteiger charge is -2.20. The van der Waals surface area contributed by atoms with Crippen LogP contribution in [0.2, 0.25) is 5.02 Å². The van der Waals surface area contributed by atoms with Gasteiger partial charge in [0, 0.05) is 18.1 Å². The first kappa shape index (κ1) is 15.6. The summed E-state index contributed by atoms with van der Waals surface area (Å²) >= 11 is 5.86. The van der Waals surface area contributed by atoms with Gasteiger partial charge in [0.05, 0.1) is 5.41 Å². The largest absolute Gasteiger partial charge is 0.483 e. The van der Waals surface area contributed by atoms with Crippen molar-refractivity contribution in [1.82, 2.24) is 4.90 Å². The Hall–Kier alpha value is -1.75. The van der Waals surface area contributed by atoms with Crippen LogP contribution in [0.5, 0.6) is 5.75 Å². The van der Waals surface area contributed by atoms with Crippen molar-refractivity contribution in [3.63, 3.8) is 0 Å². The lowest BCUT2D eigenvalue weighted by atomic mass is 9.90. The molecular weight excluding hydrogens is 294 g/mol. The van der Waals surface area contributed by atoms with Gasteiger partial charge in [-0.1, -0.05) is 11.6 Å². The number of aryl methyl sites for hydroxylation is 1. The van der Waals surface area contributed by atoms with Crippen LogP contribution >= 0.6 is 11.6 Å². The third-order valence-corrected chi connectivity index (χ3v) is 4.07. The van der Waals surface area contributed by atoms with Gasteiger partial charge in [-0.2, -0.15) is 0 Å². The number of likely N-dealkylation sites (tertiary alicyclic amines) is 1. The van der Waals surface area contributed by atoms with E-state index in [9.17, 15) is 9.59 Å². The first-order valence-corrected chi connectivity index (χ1v) is 7.10. The van der Waals surface area contributed by atoms with E-state index in [2.05, 4.69) is 0 Å². The number of rotatable bonds is 4. The van der Waals surface area contributed by atoms with E-state index >= 15 is 0 Å². The Labute approximate surface area is 128 Å². The molecule has 0 aliphatic carbocycles. The molecular formula is C15H18ClNO4.